The number of halogens is 1. The summed E-state index contributed by atoms with van der Waals surface area (Å²) in [6, 6.07) is 14.3. The first kappa shape index (κ1) is 23.7. The average Bonchev–Trinajstić information content (AvgIpc) is 3.43. The van der Waals surface area contributed by atoms with E-state index in [0.717, 1.165) is 38.8 Å². The maximum atomic E-state index is 14.1. The molecule has 0 spiro atoms. The Hall–Kier alpha value is -3.98. The molecule has 0 aliphatic heterocycles. The van der Waals surface area contributed by atoms with E-state index in [1.54, 1.807) is 23.5 Å². The zero-order valence-corrected chi connectivity index (χ0v) is 21.0. The first-order valence-corrected chi connectivity index (χ1v) is 12.5. The van der Waals surface area contributed by atoms with Crippen LogP contribution < -0.4 is 15.6 Å². The van der Waals surface area contributed by atoms with Crippen LogP contribution in [-0.4, -0.2) is 28.3 Å². The molecule has 3 heterocycles. The van der Waals surface area contributed by atoms with Crippen molar-refractivity contribution in [2.24, 2.45) is 0 Å². The van der Waals surface area contributed by atoms with Gasteiger partial charge in [-0.3, -0.25) is 4.79 Å². The number of H-pyrrole nitrogens is 1. The smallest absolute Gasteiger partial charge is 0.318 e. The molecule has 0 saturated carbocycles. The summed E-state index contributed by atoms with van der Waals surface area (Å²) in [4.78, 5) is 21.6. The molecule has 0 aliphatic carbocycles. The summed E-state index contributed by atoms with van der Waals surface area (Å²) >= 11 is 1.70. The van der Waals surface area contributed by atoms with Gasteiger partial charge in [0.25, 0.3) is 5.56 Å². The van der Waals surface area contributed by atoms with Gasteiger partial charge in [0, 0.05) is 33.3 Å². The minimum absolute atomic E-state index is 0.210. The molecule has 0 amide bonds. The first-order chi connectivity index (χ1) is 17.4. The number of nitrogens with one attached hydrogen (secondary N) is 2. The summed E-state index contributed by atoms with van der Waals surface area (Å²) in [6.07, 6.45) is 0.731. The van der Waals surface area contributed by atoms with Crippen molar-refractivity contribution in [3.63, 3.8) is 0 Å². The molecule has 2 N–H and O–H groups in total. The van der Waals surface area contributed by atoms with Crippen LogP contribution in [-0.2, 0) is 6.42 Å². The van der Waals surface area contributed by atoms with Crippen molar-refractivity contribution in [1.82, 2.24) is 15.1 Å². The molecule has 5 rings (SSSR count). The maximum absolute atomic E-state index is 14.1. The Morgan fingerprint density at radius 2 is 1.86 bits per heavy atom. The summed E-state index contributed by atoms with van der Waals surface area (Å²) in [5, 5.41) is 6.66. The zero-order chi connectivity index (χ0) is 25.2. The van der Waals surface area contributed by atoms with Gasteiger partial charge >= 0.3 is 6.01 Å². The van der Waals surface area contributed by atoms with Gasteiger partial charge in [0.05, 0.1) is 18.4 Å². The Bertz CT molecular complexity index is 1590. The SMILES string of the molecule is CCOc1nc(NCCc2c(C)sc3c(C)cc(F)cc23)cc(-c2ccc(-c3cc(=O)[nH]o3)cc2)n1. The summed E-state index contributed by atoms with van der Waals surface area (Å²) < 4.78 is 26.0. The molecule has 7 nitrogen and oxygen atoms in total. The lowest BCUT2D eigenvalue weighted by molar-refractivity contribution is 0.313. The third-order valence-corrected chi connectivity index (χ3v) is 7.19. The number of aromatic nitrogens is 3. The van der Waals surface area contributed by atoms with Gasteiger partial charge in [-0.25, -0.2) is 4.39 Å². The second-order valence-electron chi connectivity index (χ2n) is 8.42. The number of nitrogens with zero attached hydrogens (tertiary/aromatic N) is 2. The number of anilines is 1. The number of hydrogen-bond acceptors (Lipinski definition) is 7. The van der Waals surface area contributed by atoms with E-state index < -0.39 is 0 Å². The Morgan fingerprint density at radius 3 is 2.58 bits per heavy atom. The minimum atomic E-state index is -0.284. The largest absolute Gasteiger partial charge is 0.464 e. The highest BCUT2D eigenvalue weighted by Gasteiger charge is 2.13. The molecule has 0 aliphatic rings. The van der Waals surface area contributed by atoms with Gasteiger partial charge in [0.1, 0.15) is 11.6 Å². The molecule has 0 bridgehead atoms. The fraction of sp³-hybridized carbons (Fsp3) is 0.222. The summed E-state index contributed by atoms with van der Waals surface area (Å²) in [6.45, 7) is 6.97. The molecule has 184 valence electrons. The first-order valence-electron chi connectivity index (χ1n) is 11.6. The van der Waals surface area contributed by atoms with Gasteiger partial charge in [-0.2, -0.15) is 15.1 Å². The van der Waals surface area contributed by atoms with Crippen molar-refractivity contribution in [1.29, 1.82) is 0 Å². The van der Waals surface area contributed by atoms with Gasteiger partial charge in [-0.05, 0) is 55.8 Å². The molecule has 0 unspecified atom stereocenters. The van der Waals surface area contributed by atoms with Gasteiger partial charge in [-0.15, -0.1) is 11.3 Å². The Balaban J connectivity index is 1.37. The van der Waals surface area contributed by atoms with Crippen molar-refractivity contribution in [3.05, 3.63) is 80.7 Å². The van der Waals surface area contributed by atoms with E-state index in [0.29, 0.717) is 30.4 Å². The third-order valence-electron chi connectivity index (χ3n) is 5.89. The molecule has 9 heteroatoms. The molecular weight excluding hydrogens is 479 g/mol. The topological polar surface area (TPSA) is 93.0 Å². The number of fused-ring (bicyclic) bond motifs is 1. The lowest BCUT2D eigenvalue weighted by atomic mass is 10.1. The monoisotopic (exact) mass is 504 g/mol. The van der Waals surface area contributed by atoms with Crippen LogP contribution in [0.15, 0.2) is 57.8 Å². The van der Waals surface area contributed by atoms with Crippen molar-refractivity contribution < 1.29 is 13.7 Å². The van der Waals surface area contributed by atoms with Crippen molar-refractivity contribution in [3.8, 4) is 28.6 Å². The highest BCUT2D eigenvalue weighted by molar-refractivity contribution is 7.19. The van der Waals surface area contributed by atoms with Crippen LogP contribution in [0, 0.1) is 19.7 Å². The van der Waals surface area contributed by atoms with Crippen LogP contribution >= 0.6 is 11.3 Å². The van der Waals surface area contributed by atoms with Crippen LogP contribution in [0.4, 0.5) is 10.2 Å². The quantitative estimate of drug-likeness (QED) is 0.265. The molecule has 3 aromatic heterocycles. The number of benzene rings is 2. The molecule has 36 heavy (non-hydrogen) atoms. The number of hydrogen-bond donors (Lipinski definition) is 2. The lowest BCUT2D eigenvalue weighted by Gasteiger charge is -2.11. The van der Waals surface area contributed by atoms with Gasteiger partial charge in [0.2, 0.25) is 0 Å². The predicted octanol–water partition coefficient (Wildman–Crippen LogP) is 6.12. The third kappa shape index (κ3) is 4.87. The van der Waals surface area contributed by atoms with E-state index in [4.69, 9.17) is 9.26 Å². The Kier molecular flexibility index (Phi) is 6.56. The van der Waals surface area contributed by atoms with E-state index in [2.05, 4.69) is 27.4 Å². The van der Waals surface area contributed by atoms with Crippen molar-refractivity contribution in [2.45, 2.75) is 27.2 Å². The lowest BCUT2D eigenvalue weighted by Crippen LogP contribution is -2.09. The molecular formula is C27H25FN4O3S. The summed E-state index contributed by atoms with van der Waals surface area (Å²) in [7, 11) is 0. The molecule has 5 aromatic rings. The second kappa shape index (κ2) is 9.94. The average molecular weight is 505 g/mol. The van der Waals surface area contributed by atoms with Crippen molar-refractivity contribution >= 4 is 27.2 Å². The summed E-state index contributed by atoms with van der Waals surface area (Å²) in [5.74, 6) is 0.903. The standard InChI is InChI=1S/C27H25FN4O3S/c1-4-34-27-30-22(17-5-7-18(8-6-17)23-14-25(33)32-35-23)13-24(31-27)29-10-9-20-16(3)36-26-15(2)11-19(28)12-21(20)26/h5-8,11-14H,4,9-10H2,1-3H3,(H,32,33)(H,29,30,31). The van der Waals surface area contributed by atoms with Crippen molar-refractivity contribution in [2.75, 3.05) is 18.5 Å². The number of aromatic amines is 1. The fourth-order valence-electron chi connectivity index (χ4n) is 4.21. The normalized spacial score (nSPS) is 11.2. The van der Waals surface area contributed by atoms with E-state index in [1.807, 2.05) is 44.2 Å². The predicted molar refractivity (Wildman–Crippen MR) is 140 cm³/mol. The Labute approximate surface area is 211 Å². The van der Waals surface area contributed by atoms with Crippen LogP contribution in [0.3, 0.4) is 0 Å². The number of ether oxygens (including phenoxy) is 1. The number of rotatable bonds is 8. The van der Waals surface area contributed by atoms with Gasteiger partial charge < -0.3 is 14.6 Å². The molecule has 0 radical (unpaired) electrons. The number of aryl methyl sites for hydroxylation is 2. The van der Waals surface area contributed by atoms with Gasteiger partial charge in [-0.1, -0.05) is 24.3 Å². The van der Waals surface area contributed by atoms with Crippen LogP contribution in [0.25, 0.3) is 32.7 Å². The fourth-order valence-corrected chi connectivity index (χ4v) is 5.36. The van der Waals surface area contributed by atoms with Crippen LogP contribution in [0.1, 0.15) is 22.9 Å². The van der Waals surface area contributed by atoms with Crippen LogP contribution in [0.5, 0.6) is 6.01 Å². The van der Waals surface area contributed by atoms with Crippen LogP contribution in [0.2, 0.25) is 0 Å². The van der Waals surface area contributed by atoms with E-state index >= 15 is 0 Å². The minimum Gasteiger partial charge on any atom is -0.464 e. The summed E-state index contributed by atoms with van der Waals surface area (Å²) in [5.41, 5.74) is 4.18. The second-order valence-corrected chi connectivity index (χ2v) is 9.65. The molecule has 2 aromatic carbocycles. The van der Waals surface area contributed by atoms with E-state index in [9.17, 15) is 9.18 Å². The molecule has 0 fully saturated rings. The highest BCUT2D eigenvalue weighted by Crippen LogP contribution is 2.34. The molecule has 0 atom stereocenters. The molecule has 0 saturated heterocycles. The number of thiophene rings is 1. The van der Waals surface area contributed by atoms with E-state index in [-0.39, 0.29) is 17.4 Å². The maximum Gasteiger partial charge on any atom is 0.318 e. The van der Waals surface area contributed by atoms with Gasteiger partial charge in [0.15, 0.2) is 5.76 Å². The van der Waals surface area contributed by atoms with E-state index in [1.165, 1.54) is 10.9 Å². The zero-order valence-electron chi connectivity index (χ0n) is 20.1. The highest BCUT2D eigenvalue weighted by atomic mass is 32.1. The Morgan fingerprint density at radius 1 is 1.08 bits per heavy atom.